The lowest BCUT2D eigenvalue weighted by atomic mass is 10.7. The molecule has 0 rings (SSSR count). The maximum Gasteiger partial charge on any atom is 0.357 e. The van der Waals surface area contributed by atoms with Crippen LogP contribution in [0.15, 0.2) is 0 Å². The Balaban J connectivity index is 3.38. The van der Waals surface area contributed by atoms with Crippen molar-refractivity contribution in [1.29, 1.82) is 0 Å². The van der Waals surface area contributed by atoms with E-state index in [9.17, 15) is 4.57 Å². The van der Waals surface area contributed by atoms with E-state index in [0.29, 0.717) is 13.2 Å². The summed E-state index contributed by atoms with van der Waals surface area (Å²) in [7, 11) is -4.20. The van der Waals surface area contributed by atoms with Crippen molar-refractivity contribution >= 4 is 7.60 Å². The van der Waals surface area contributed by atoms with Gasteiger partial charge in [0.1, 0.15) is 6.61 Å². The highest BCUT2D eigenvalue weighted by atomic mass is 31.2. The van der Waals surface area contributed by atoms with Crippen LogP contribution in [0.1, 0.15) is 13.8 Å². The molecule has 1 unspecified atom stereocenters. The molecule has 7 heteroatoms. The second-order valence-corrected chi connectivity index (χ2v) is 4.21. The molecule has 2 N–H and O–H groups in total. The van der Waals surface area contributed by atoms with E-state index in [-0.39, 0.29) is 6.61 Å². The predicted octanol–water partition coefficient (Wildman–Crippen LogP) is 0.495. The maximum atomic E-state index is 10.5. The SMILES string of the molecule is CCOCCOOC(C)P(=O)(O)O. The Morgan fingerprint density at radius 3 is 2.46 bits per heavy atom. The van der Waals surface area contributed by atoms with Crippen molar-refractivity contribution in [2.24, 2.45) is 0 Å². The van der Waals surface area contributed by atoms with Crippen LogP contribution in [0.2, 0.25) is 0 Å². The molecule has 0 aromatic rings. The van der Waals surface area contributed by atoms with E-state index >= 15 is 0 Å². The number of hydrogen-bond donors (Lipinski definition) is 2. The Labute approximate surface area is 76.9 Å². The summed E-state index contributed by atoms with van der Waals surface area (Å²) in [5, 5.41) is 0. The zero-order chi connectivity index (χ0) is 10.3. The normalized spacial score (nSPS) is 14.5. The summed E-state index contributed by atoms with van der Waals surface area (Å²) < 4.78 is 15.4. The van der Waals surface area contributed by atoms with Crippen molar-refractivity contribution < 1.29 is 28.9 Å². The van der Waals surface area contributed by atoms with Gasteiger partial charge in [0.15, 0.2) is 5.85 Å². The first-order valence-corrected chi connectivity index (χ1v) is 5.58. The van der Waals surface area contributed by atoms with Gasteiger partial charge < -0.3 is 14.5 Å². The van der Waals surface area contributed by atoms with Crippen LogP contribution < -0.4 is 0 Å². The average molecular weight is 214 g/mol. The molecule has 0 bridgehead atoms. The Morgan fingerprint density at radius 1 is 1.38 bits per heavy atom. The van der Waals surface area contributed by atoms with E-state index in [4.69, 9.17) is 14.5 Å². The monoisotopic (exact) mass is 214 g/mol. The van der Waals surface area contributed by atoms with Gasteiger partial charge in [-0.2, -0.15) is 0 Å². The Bertz CT molecular complexity index is 167. The molecule has 0 radical (unpaired) electrons. The second-order valence-electron chi connectivity index (χ2n) is 2.30. The summed E-state index contributed by atoms with van der Waals surface area (Å²) >= 11 is 0. The van der Waals surface area contributed by atoms with Gasteiger partial charge in [0.05, 0.1) is 6.61 Å². The van der Waals surface area contributed by atoms with Gasteiger partial charge in [0.25, 0.3) is 0 Å². The van der Waals surface area contributed by atoms with Crippen LogP contribution in [0, 0.1) is 0 Å². The quantitative estimate of drug-likeness (QED) is 0.278. The molecule has 0 aromatic carbocycles. The molecule has 0 aromatic heterocycles. The van der Waals surface area contributed by atoms with Crippen molar-refractivity contribution in [2.75, 3.05) is 19.8 Å². The van der Waals surface area contributed by atoms with Crippen LogP contribution in [0.4, 0.5) is 0 Å². The van der Waals surface area contributed by atoms with Gasteiger partial charge in [0.2, 0.25) is 0 Å². The minimum Gasteiger partial charge on any atom is -0.379 e. The van der Waals surface area contributed by atoms with Crippen LogP contribution in [0.5, 0.6) is 0 Å². The van der Waals surface area contributed by atoms with Gasteiger partial charge in [-0.25, -0.2) is 9.78 Å². The highest BCUT2D eigenvalue weighted by Gasteiger charge is 2.25. The second kappa shape index (κ2) is 6.48. The molecule has 6 nitrogen and oxygen atoms in total. The molecule has 0 saturated heterocycles. The lowest BCUT2D eigenvalue weighted by Crippen LogP contribution is -2.12. The van der Waals surface area contributed by atoms with E-state index in [1.165, 1.54) is 6.92 Å². The van der Waals surface area contributed by atoms with E-state index < -0.39 is 13.4 Å². The average Bonchev–Trinajstić information content (AvgIpc) is 2.02. The molecule has 0 fully saturated rings. The third-order valence-electron chi connectivity index (χ3n) is 1.20. The minimum absolute atomic E-state index is 0.151. The van der Waals surface area contributed by atoms with Crippen LogP contribution in [0.3, 0.4) is 0 Å². The zero-order valence-electron chi connectivity index (χ0n) is 7.67. The molecule has 1 atom stereocenters. The van der Waals surface area contributed by atoms with E-state index in [1.54, 1.807) is 0 Å². The van der Waals surface area contributed by atoms with Crippen molar-refractivity contribution in [3.63, 3.8) is 0 Å². The third kappa shape index (κ3) is 7.13. The molecule has 0 aliphatic heterocycles. The van der Waals surface area contributed by atoms with Crippen LogP contribution >= 0.6 is 7.60 Å². The summed E-state index contributed by atoms with van der Waals surface area (Å²) in [4.78, 5) is 26.0. The van der Waals surface area contributed by atoms with Crippen molar-refractivity contribution in [2.45, 2.75) is 19.7 Å². The highest BCUT2D eigenvalue weighted by Crippen LogP contribution is 2.41. The van der Waals surface area contributed by atoms with Gasteiger partial charge in [-0.1, -0.05) is 0 Å². The molecule has 0 saturated carbocycles. The molecular formula is C6H15O6P. The van der Waals surface area contributed by atoms with E-state index in [1.807, 2.05) is 6.92 Å². The summed E-state index contributed by atoms with van der Waals surface area (Å²) in [6.45, 7) is 4.13. The van der Waals surface area contributed by atoms with Gasteiger partial charge >= 0.3 is 7.60 Å². The summed E-state index contributed by atoms with van der Waals surface area (Å²) in [6, 6.07) is 0. The van der Waals surface area contributed by atoms with Gasteiger partial charge in [0, 0.05) is 6.61 Å². The standard InChI is InChI=1S/C6H15O6P/c1-3-10-4-5-11-12-6(2)13(7,8)9/h6H,3-5H2,1-2H3,(H2,7,8,9). The molecule has 80 valence electrons. The van der Waals surface area contributed by atoms with Crippen LogP contribution in [-0.2, 0) is 19.1 Å². The predicted molar refractivity (Wildman–Crippen MR) is 45.0 cm³/mol. The molecular weight excluding hydrogens is 199 g/mol. The minimum atomic E-state index is -4.20. The molecule has 0 amide bonds. The van der Waals surface area contributed by atoms with Crippen molar-refractivity contribution in [3.8, 4) is 0 Å². The lowest BCUT2D eigenvalue weighted by Gasteiger charge is -2.12. The van der Waals surface area contributed by atoms with Crippen molar-refractivity contribution in [1.82, 2.24) is 0 Å². The van der Waals surface area contributed by atoms with Crippen LogP contribution in [0.25, 0.3) is 0 Å². The first-order valence-electron chi connectivity index (χ1n) is 3.89. The molecule has 13 heavy (non-hydrogen) atoms. The summed E-state index contributed by atoms with van der Waals surface area (Å²) in [6.07, 6.45) is 0. The van der Waals surface area contributed by atoms with E-state index in [2.05, 4.69) is 9.78 Å². The highest BCUT2D eigenvalue weighted by molar-refractivity contribution is 7.52. The molecule has 0 heterocycles. The number of hydrogen-bond acceptors (Lipinski definition) is 4. The Morgan fingerprint density at radius 2 is 2.00 bits per heavy atom. The zero-order valence-corrected chi connectivity index (χ0v) is 8.57. The smallest absolute Gasteiger partial charge is 0.357 e. The first kappa shape index (κ1) is 13.0. The van der Waals surface area contributed by atoms with Crippen LogP contribution in [-0.4, -0.2) is 35.5 Å². The van der Waals surface area contributed by atoms with Gasteiger partial charge in [-0.3, -0.25) is 4.57 Å². The van der Waals surface area contributed by atoms with E-state index in [0.717, 1.165) is 0 Å². The van der Waals surface area contributed by atoms with Crippen molar-refractivity contribution in [3.05, 3.63) is 0 Å². The number of rotatable bonds is 7. The fourth-order valence-electron chi connectivity index (χ4n) is 0.440. The van der Waals surface area contributed by atoms with Gasteiger partial charge in [-0.15, -0.1) is 0 Å². The number of ether oxygens (including phenoxy) is 1. The van der Waals surface area contributed by atoms with Gasteiger partial charge in [-0.05, 0) is 13.8 Å². The Hall–Kier alpha value is 0.0300. The summed E-state index contributed by atoms with van der Waals surface area (Å²) in [5.41, 5.74) is 0. The topological polar surface area (TPSA) is 85.2 Å². The first-order chi connectivity index (χ1) is 5.98. The fourth-order valence-corrected chi connectivity index (χ4v) is 0.613. The molecule has 0 spiro atoms. The molecule has 0 aliphatic carbocycles. The fraction of sp³-hybridized carbons (Fsp3) is 1.00. The molecule has 0 aliphatic rings. The Kier molecular flexibility index (Phi) is 6.49. The largest absolute Gasteiger partial charge is 0.379 e. The third-order valence-corrected chi connectivity index (χ3v) is 2.23. The lowest BCUT2D eigenvalue weighted by molar-refractivity contribution is -0.309. The maximum absolute atomic E-state index is 10.5. The summed E-state index contributed by atoms with van der Waals surface area (Å²) in [5.74, 6) is -1.24.